The third-order valence-electron chi connectivity index (χ3n) is 7.66. The second-order valence-corrected chi connectivity index (χ2v) is 10.2. The molecular formula is C29H30N6O. The molecule has 2 aromatic heterocycles. The Labute approximate surface area is 211 Å². The molecule has 0 saturated heterocycles. The number of aromatic nitrogens is 5. The van der Waals surface area contributed by atoms with Crippen LogP contribution in [-0.4, -0.2) is 31.0 Å². The first-order chi connectivity index (χ1) is 17.4. The Balaban J connectivity index is 1.25. The van der Waals surface area contributed by atoms with Crippen molar-refractivity contribution in [1.29, 1.82) is 0 Å². The van der Waals surface area contributed by atoms with Gasteiger partial charge in [0.05, 0.1) is 25.0 Å². The minimum Gasteiger partial charge on any atom is -0.377 e. The zero-order chi connectivity index (χ0) is 25.0. The molecule has 6 rings (SSSR count). The van der Waals surface area contributed by atoms with Crippen LogP contribution in [-0.2, 0) is 18.3 Å². The maximum atomic E-state index is 11.6. The highest BCUT2D eigenvalue weighted by Gasteiger charge is 2.42. The van der Waals surface area contributed by atoms with Crippen molar-refractivity contribution in [3.63, 3.8) is 0 Å². The van der Waals surface area contributed by atoms with Crippen molar-refractivity contribution in [3.8, 4) is 22.5 Å². The van der Waals surface area contributed by atoms with Crippen molar-refractivity contribution >= 4 is 11.5 Å². The molecule has 0 unspecified atom stereocenters. The van der Waals surface area contributed by atoms with E-state index in [0.717, 1.165) is 36.2 Å². The van der Waals surface area contributed by atoms with E-state index < -0.39 is 0 Å². The number of anilines is 1. The van der Waals surface area contributed by atoms with Crippen molar-refractivity contribution in [3.05, 3.63) is 76.6 Å². The van der Waals surface area contributed by atoms with Crippen molar-refractivity contribution in [2.75, 3.05) is 5.32 Å². The van der Waals surface area contributed by atoms with E-state index in [0.29, 0.717) is 11.7 Å². The van der Waals surface area contributed by atoms with E-state index in [1.54, 1.807) is 14.0 Å². The van der Waals surface area contributed by atoms with Gasteiger partial charge < -0.3 is 5.32 Å². The minimum atomic E-state index is 0.161. The van der Waals surface area contributed by atoms with E-state index in [4.69, 9.17) is 0 Å². The highest BCUT2D eigenvalue weighted by atomic mass is 16.1. The first-order valence-electron chi connectivity index (χ1n) is 12.6. The molecule has 2 aliphatic carbocycles. The maximum absolute atomic E-state index is 11.6. The topological polar surface area (TPSA) is 85.6 Å². The third-order valence-corrected chi connectivity index (χ3v) is 7.66. The fourth-order valence-corrected chi connectivity index (χ4v) is 5.84. The van der Waals surface area contributed by atoms with Gasteiger partial charge in [-0.3, -0.25) is 9.78 Å². The van der Waals surface area contributed by atoms with Gasteiger partial charge in [0, 0.05) is 23.1 Å². The average Bonchev–Trinajstić information content (AvgIpc) is 3.39. The van der Waals surface area contributed by atoms with Gasteiger partial charge in [0.1, 0.15) is 5.78 Å². The molecule has 0 amide bonds. The summed E-state index contributed by atoms with van der Waals surface area (Å²) in [4.78, 5) is 17.8. The van der Waals surface area contributed by atoms with Crippen LogP contribution < -0.4 is 5.32 Å². The van der Waals surface area contributed by atoms with Gasteiger partial charge in [-0.2, -0.15) is 4.80 Å². The number of carbonyl (C=O) groups is 1. The van der Waals surface area contributed by atoms with Crippen LogP contribution in [0.25, 0.3) is 22.5 Å². The fourth-order valence-electron chi connectivity index (χ4n) is 5.84. The molecule has 4 aromatic rings. The molecule has 0 radical (unpaired) electrons. The summed E-state index contributed by atoms with van der Waals surface area (Å²) in [5.74, 6) is 1.38. The van der Waals surface area contributed by atoms with Crippen LogP contribution >= 0.6 is 0 Å². The van der Waals surface area contributed by atoms with Crippen molar-refractivity contribution in [2.45, 2.75) is 52.0 Å². The van der Waals surface area contributed by atoms with E-state index in [2.05, 4.69) is 82.0 Å². The second-order valence-electron chi connectivity index (χ2n) is 10.2. The number of benzene rings is 2. The van der Waals surface area contributed by atoms with E-state index >= 15 is 0 Å². The molecule has 0 bridgehead atoms. The monoisotopic (exact) mass is 478 g/mol. The summed E-state index contributed by atoms with van der Waals surface area (Å²) in [6.45, 7) is 6.00. The summed E-state index contributed by atoms with van der Waals surface area (Å²) in [6, 6.07) is 15.4. The summed E-state index contributed by atoms with van der Waals surface area (Å²) in [5, 5.41) is 16.2. The molecule has 7 nitrogen and oxygen atoms in total. The number of nitrogens with one attached hydrogen (secondary N) is 1. The zero-order valence-corrected chi connectivity index (χ0v) is 21.1. The van der Waals surface area contributed by atoms with Crippen LogP contribution in [0.2, 0.25) is 0 Å². The smallest absolute Gasteiger partial charge is 0.204 e. The van der Waals surface area contributed by atoms with Crippen LogP contribution in [0.15, 0.2) is 48.7 Å². The first-order valence-corrected chi connectivity index (χ1v) is 12.6. The van der Waals surface area contributed by atoms with Crippen LogP contribution in [0.1, 0.15) is 59.7 Å². The number of hydrogen-bond acceptors (Lipinski definition) is 6. The Morgan fingerprint density at radius 3 is 2.56 bits per heavy atom. The summed E-state index contributed by atoms with van der Waals surface area (Å²) < 4.78 is 0. The summed E-state index contributed by atoms with van der Waals surface area (Å²) >= 11 is 0. The number of rotatable bonds is 6. The van der Waals surface area contributed by atoms with Crippen LogP contribution in [0.5, 0.6) is 0 Å². The number of Topliss-reactive ketones (excluding diaryl/α,β-unsaturated/α-hetero) is 1. The summed E-state index contributed by atoms with van der Waals surface area (Å²) in [5.41, 5.74) is 10.8. The van der Waals surface area contributed by atoms with Gasteiger partial charge in [0.2, 0.25) is 5.82 Å². The van der Waals surface area contributed by atoms with E-state index in [9.17, 15) is 4.79 Å². The Morgan fingerprint density at radius 1 is 1.11 bits per heavy atom. The third kappa shape index (κ3) is 3.98. The van der Waals surface area contributed by atoms with Gasteiger partial charge >= 0.3 is 0 Å². The van der Waals surface area contributed by atoms with Crippen molar-refractivity contribution in [2.24, 2.45) is 13.0 Å². The van der Waals surface area contributed by atoms with Crippen molar-refractivity contribution < 1.29 is 4.79 Å². The molecule has 1 N–H and O–H groups in total. The number of hydrogen-bond donors (Lipinski definition) is 1. The number of fused-ring (bicyclic) bond motifs is 1. The van der Waals surface area contributed by atoms with Gasteiger partial charge in [0.25, 0.3) is 0 Å². The lowest BCUT2D eigenvalue weighted by Crippen LogP contribution is -2.07. The number of tetrazole rings is 1. The lowest BCUT2D eigenvalue weighted by molar-refractivity contribution is -0.118. The second kappa shape index (κ2) is 8.66. The normalized spacial score (nSPS) is 20.3. The predicted molar refractivity (Wildman–Crippen MR) is 140 cm³/mol. The van der Waals surface area contributed by atoms with E-state index in [-0.39, 0.29) is 17.7 Å². The number of pyridine rings is 1. The molecule has 36 heavy (non-hydrogen) atoms. The molecule has 182 valence electrons. The average molecular weight is 479 g/mol. The largest absolute Gasteiger partial charge is 0.377 e. The Kier molecular flexibility index (Phi) is 5.43. The van der Waals surface area contributed by atoms with Gasteiger partial charge in [-0.05, 0) is 103 Å². The lowest BCUT2D eigenvalue weighted by atomic mass is 9.89. The van der Waals surface area contributed by atoms with Gasteiger partial charge in [-0.25, -0.2) is 0 Å². The van der Waals surface area contributed by atoms with E-state index in [1.165, 1.54) is 38.2 Å². The molecule has 7 heteroatoms. The molecule has 2 heterocycles. The Bertz CT molecular complexity index is 1450. The lowest BCUT2D eigenvalue weighted by Gasteiger charge is -2.18. The predicted octanol–water partition coefficient (Wildman–Crippen LogP) is 5.35. The molecule has 2 aliphatic rings. The molecule has 1 saturated carbocycles. The standard InChI is InChI=1S/C29H30N6O/c1-16-12-19(29-32-34-35(4)33-29)13-17(2)28(16)23-7-5-6-22-21(23)9-11-27(22)31-20-8-10-26(30-15-20)25-14-24(25)18(3)36/h5-8,10,12-13,15,24-25,27,31H,9,11,14H2,1-4H3/t24-,25+,27-/m1/s1. The summed E-state index contributed by atoms with van der Waals surface area (Å²) in [6.07, 6.45) is 4.93. The van der Waals surface area contributed by atoms with Gasteiger partial charge in [-0.1, -0.05) is 18.2 Å². The quantitative estimate of drug-likeness (QED) is 0.402. The molecule has 2 aromatic carbocycles. The van der Waals surface area contributed by atoms with Crippen LogP contribution in [0.3, 0.4) is 0 Å². The number of nitrogens with zero attached hydrogens (tertiary/aromatic N) is 5. The van der Waals surface area contributed by atoms with Gasteiger partial charge in [0.15, 0.2) is 0 Å². The van der Waals surface area contributed by atoms with Crippen LogP contribution in [0.4, 0.5) is 5.69 Å². The number of ketones is 1. The fraction of sp³-hybridized carbons (Fsp3) is 0.345. The molecule has 0 aliphatic heterocycles. The molecular weight excluding hydrogens is 448 g/mol. The highest BCUT2D eigenvalue weighted by Crippen LogP contribution is 2.47. The SMILES string of the molecule is CC(=O)[C@H]1C[C@@H]1c1ccc(N[C@@H]2CCc3c(-c4c(C)cc(-c5nnn(C)n5)cc4C)cccc32)cn1. The first kappa shape index (κ1) is 22.6. The van der Waals surface area contributed by atoms with Crippen LogP contribution in [0, 0.1) is 19.8 Å². The zero-order valence-electron chi connectivity index (χ0n) is 21.1. The highest BCUT2D eigenvalue weighted by molar-refractivity contribution is 5.82. The Hall–Kier alpha value is -3.87. The molecule has 3 atom stereocenters. The molecule has 1 fully saturated rings. The summed E-state index contributed by atoms with van der Waals surface area (Å²) in [7, 11) is 1.78. The van der Waals surface area contributed by atoms with Crippen molar-refractivity contribution in [1.82, 2.24) is 25.2 Å². The Morgan fingerprint density at radius 2 is 1.92 bits per heavy atom. The maximum Gasteiger partial charge on any atom is 0.204 e. The minimum absolute atomic E-state index is 0.161. The number of aryl methyl sites for hydroxylation is 3. The van der Waals surface area contributed by atoms with E-state index in [1.807, 2.05) is 6.20 Å². The number of carbonyl (C=O) groups excluding carboxylic acids is 1. The van der Waals surface area contributed by atoms with Gasteiger partial charge in [-0.15, -0.1) is 10.2 Å². The molecule has 0 spiro atoms.